The van der Waals surface area contributed by atoms with Gasteiger partial charge in [-0.25, -0.2) is 0 Å². The third kappa shape index (κ3) is 51.3. The summed E-state index contributed by atoms with van der Waals surface area (Å²) >= 11 is 0. The third-order valence-electron chi connectivity index (χ3n) is 12.9. The van der Waals surface area contributed by atoms with Crippen molar-refractivity contribution in [3.8, 4) is 0 Å². The van der Waals surface area contributed by atoms with E-state index in [-0.39, 0.29) is 31.1 Å². The van der Waals surface area contributed by atoms with Crippen molar-refractivity contribution in [3.63, 3.8) is 0 Å². The van der Waals surface area contributed by atoms with Crippen LogP contribution in [0, 0.1) is 17.8 Å². The van der Waals surface area contributed by atoms with Gasteiger partial charge in [0.05, 0.1) is 0 Å². The van der Waals surface area contributed by atoms with Crippen molar-refractivity contribution in [3.05, 3.63) is 0 Å². The van der Waals surface area contributed by atoms with Gasteiger partial charge in [-0.1, -0.05) is 273 Å². The van der Waals surface area contributed by atoms with E-state index < -0.39 is 6.10 Å². The first-order valence-electron chi connectivity index (χ1n) is 28.1. The number of carbonyl (C=O) groups excluding carboxylic acids is 3. The lowest BCUT2D eigenvalue weighted by molar-refractivity contribution is -0.167. The summed E-state index contributed by atoms with van der Waals surface area (Å²) in [5, 5.41) is 0. The van der Waals surface area contributed by atoms with E-state index in [4.69, 9.17) is 14.2 Å². The molecule has 0 aliphatic heterocycles. The van der Waals surface area contributed by atoms with Crippen LogP contribution in [0.3, 0.4) is 0 Å². The summed E-state index contributed by atoms with van der Waals surface area (Å²) in [7, 11) is 0. The molecule has 0 aromatic heterocycles. The molecule has 0 aliphatic carbocycles. The van der Waals surface area contributed by atoms with Gasteiger partial charge in [0.15, 0.2) is 6.10 Å². The molecule has 0 aromatic rings. The minimum Gasteiger partial charge on any atom is -0.462 e. The topological polar surface area (TPSA) is 78.9 Å². The minimum atomic E-state index is -0.763. The van der Waals surface area contributed by atoms with E-state index in [9.17, 15) is 14.4 Å². The molecule has 1 atom stereocenters. The highest BCUT2D eigenvalue weighted by Gasteiger charge is 2.19. The van der Waals surface area contributed by atoms with Crippen LogP contribution in [0.2, 0.25) is 0 Å². The SMILES string of the molecule is CC(C)CCCCCCCCCCCCCCCCCCCCC(=O)OC[C@@H](COC(=O)CCCCCCCCCCC(C)C)OC(=O)CCCCCCCCCCCCC(C)C. The van der Waals surface area contributed by atoms with Crippen LogP contribution in [0.1, 0.15) is 311 Å². The van der Waals surface area contributed by atoms with Crippen molar-refractivity contribution >= 4 is 17.9 Å². The number of hydrogen-bond donors (Lipinski definition) is 0. The summed E-state index contributed by atoms with van der Waals surface area (Å²) in [6.07, 6.45) is 49.6. The maximum Gasteiger partial charge on any atom is 0.306 e. The van der Waals surface area contributed by atoms with E-state index in [0.29, 0.717) is 19.3 Å². The first kappa shape index (κ1) is 61.4. The third-order valence-corrected chi connectivity index (χ3v) is 12.9. The molecule has 0 heterocycles. The van der Waals surface area contributed by atoms with Crippen LogP contribution in [0.5, 0.6) is 0 Å². The second kappa shape index (κ2) is 48.3. The second-order valence-electron chi connectivity index (χ2n) is 21.0. The predicted molar refractivity (Wildman–Crippen MR) is 270 cm³/mol. The van der Waals surface area contributed by atoms with Crippen LogP contribution in [-0.2, 0) is 28.6 Å². The maximum absolute atomic E-state index is 12.8. The summed E-state index contributed by atoms with van der Waals surface area (Å²) in [5.74, 6) is 1.62. The van der Waals surface area contributed by atoms with E-state index in [1.807, 2.05) is 0 Å². The molecule has 0 radical (unpaired) electrons. The highest BCUT2D eigenvalue weighted by atomic mass is 16.6. The fraction of sp³-hybridized carbons (Fsp3) is 0.947. The van der Waals surface area contributed by atoms with Crippen molar-refractivity contribution in [1.82, 2.24) is 0 Å². The number of hydrogen-bond acceptors (Lipinski definition) is 6. The van der Waals surface area contributed by atoms with Crippen LogP contribution < -0.4 is 0 Å². The number of ether oxygens (including phenoxy) is 3. The van der Waals surface area contributed by atoms with Gasteiger partial charge in [0.1, 0.15) is 13.2 Å². The Morgan fingerprint density at radius 2 is 0.460 bits per heavy atom. The lowest BCUT2D eigenvalue weighted by Crippen LogP contribution is -2.30. The second-order valence-corrected chi connectivity index (χ2v) is 21.0. The largest absolute Gasteiger partial charge is 0.462 e. The monoisotopic (exact) mass is 891 g/mol. The Morgan fingerprint density at radius 1 is 0.270 bits per heavy atom. The van der Waals surface area contributed by atoms with E-state index in [1.54, 1.807) is 0 Å². The first-order chi connectivity index (χ1) is 30.6. The average molecular weight is 892 g/mol. The smallest absolute Gasteiger partial charge is 0.306 e. The Bertz CT molecular complexity index is 976. The van der Waals surface area contributed by atoms with Crippen LogP contribution in [0.15, 0.2) is 0 Å². The maximum atomic E-state index is 12.8. The minimum absolute atomic E-state index is 0.0643. The van der Waals surface area contributed by atoms with E-state index >= 15 is 0 Å². The Hall–Kier alpha value is -1.59. The molecule has 0 N–H and O–H groups in total. The highest BCUT2D eigenvalue weighted by molar-refractivity contribution is 5.71. The molecule has 0 saturated carbocycles. The van der Waals surface area contributed by atoms with E-state index in [1.165, 1.54) is 193 Å². The fourth-order valence-corrected chi connectivity index (χ4v) is 8.65. The number of rotatable bonds is 50. The van der Waals surface area contributed by atoms with Crippen LogP contribution in [0.25, 0.3) is 0 Å². The Morgan fingerprint density at radius 3 is 0.683 bits per heavy atom. The van der Waals surface area contributed by atoms with E-state index in [0.717, 1.165) is 75.5 Å². The van der Waals surface area contributed by atoms with Gasteiger partial charge >= 0.3 is 17.9 Å². The van der Waals surface area contributed by atoms with Gasteiger partial charge in [0, 0.05) is 19.3 Å². The molecule has 6 nitrogen and oxygen atoms in total. The van der Waals surface area contributed by atoms with E-state index in [2.05, 4.69) is 41.5 Å². The molecule has 0 aromatic carbocycles. The van der Waals surface area contributed by atoms with Crippen LogP contribution in [-0.4, -0.2) is 37.2 Å². The summed E-state index contributed by atoms with van der Waals surface area (Å²) in [6, 6.07) is 0. The molecule has 63 heavy (non-hydrogen) atoms. The van der Waals surface area contributed by atoms with Crippen molar-refractivity contribution in [2.75, 3.05) is 13.2 Å². The molecule has 0 spiro atoms. The van der Waals surface area contributed by atoms with Crippen molar-refractivity contribution in [2.24, 2.45) is 17.8 Å². The molecule has 0 bridgehead atoms. The predicted octanol–water partition coefficient (Wildman–Crippen LogP) is 18.3. The molecule has 0 amide bonds. The van der Waals surface area contributed by atoms with Gasteiger partial charge in [-0.3, -0.25) is 14.4 Å². The standard InChI is InChI=1S/C57H110O6/c1-51(2)43-37-31-25-19-15-13-11-9-7-8-10-12-14-16-21-28-34-40-46-55(58)61-49-54(50-62-56(59)47-41-35-29-24-23-27-33-39-45-53(5)6)63-57(60)48-42-36-30-22-18-17-20-26-32-38-44-52(3)4/h51-54H,7-50H2,1-6H3/t54-/m0/s1. The molecule has 0 aliphatic rings. The van der Waals surface area contributed by atoms with Crippen molar-refractivity contribution < 1.29 is 28.6 Å². The van der Waals surface area contributed by atoms with Crippen molar-refractivity contribution in [1.29, 1.82) is 0 Å². The van der Waals surface area contributed by atoms with Gasteiger partial charge in [-0.2, -0.15) is 0 Å². The summed E-state index contributed by atoms with van der Waals surface area (Å²) in [6.45, 7) is 13.7. The summed E-state index contributed by atoms with van der Waals surface area (Å²) in [4.78, 5) is 38.0. The van der Waals surface area contributed by atoms with Crippen LogP contribution >= 0.6 is 0 Å². The number of carbonyl (C=O) groups is 3. The lowest BCUT2D eigenvalue weighted by Gasteiger charge is -2.18. The Balaban J connectivity index is 4.22. The van der Waals surface area contributed by atoms with Crippen LogP contribution in [0.4, 0.5) is 0 Å². The Kier molecular flexibility index (Phi) is 47.1. The zero-order valence-corrected chi connectivity index (χ0v) is 43.4. The van der Waals surface area contributed by atoms with Gasteiger partial charge in [0.2, 0.25) is 0 Å². The average Bonchev–Trinajstić information content (AvgIpc) is 3.24. The highest BCUT2D eigenvalue weighted by Crippen LogP contribution is 2.18. The summed E-state index contributed by atoms with van der Waals surface area (Å²) < 4.78 is 16.8. The zero-order chi connectivity index (χ0) is 46.3. The molecule has 6 heteroatoms. The molecule has 0 fully saturated rings. The van der Waals surface area contributed by atoms with Gasteiger partial charge in [-0.05, 0) is 37.0 Å². The van der Waals surface area contributed by atoms with Gasteiger partial charge in [-0.15, -0.1) is 0 Å². The molecule has 0 saturated heterocycles. The Labute approximate surface area is 393 Å². The first-order valence-corrected chi connectivity index (χ1v) is 28.1. The molecular formula is C57H110O6. The molecule has 0 unspecified atom stereocenters. The van der Waals surface area contributed by atoms with Gasteiger partial charge in [0.25, 0.3) is 0 Å². The lowest BCUT2D eigenvalue weighted by atomic mass is 10.0. The zero-order valence-electron chi connectivity index (χ0n) is 43.4. The normalized spacial score (nSPS) is 12.1. The molecule has 374 valence electrons. The number of unbranched alkanes of at least 4 members (excludes halogenated alkanes) is 33. The quantitative estimate of drug-likeness (QED) is 0.0344. The number of esters is 3. The van der Waals surface area contributed by atoms with Crippen molar-refractivity contribution in [2.45, 2.75) is 317 Å². The fourth-order valence-electron chi connectivity index (χ4n) is 8.65. The molecule has 0 rings (SSSR count). The summed E-state index contributed by atoms with van der Waals surface area (Å²) in [5.41, 5.74) is 0. The van der Waals surface area contributed by atoms with Gasteiger partial charge < -0.3 is 14.2 Å². The molecular weight excluding hydrogens is 781 g/mol.